The number of ether oxygens (including phenoxy) is 3. The molecule has 4 heterocycles. The van der Waals surface area contributed by atoms with Crippen LogP contribution in [0.2, 0.25) is 0 Å². The predicted molar refractivity (Wildman–Crippen MR) is 164 cm³/mol. The summed E-state index contributed by atoms with van der Waals surface area (Å²) in [6, 6.07) is 13.3. The van der Waals surface area contributed by atoms with Crippen LogP contribution in [-0.2, 0) is 22.5 Å². The smallest absolute Gasteiger partial charge is 0.318 e. The predicted octanol–water partition coefficient (Wildman–Crippen LogP) is 3.13. The van der Waals surface area contributed by atoms with Crippen LogP contribution in [0.3, 0.4) is 0 Å². The second-order valence-corrected chi connectivity index (χ2v) is 11.3. The summed E-state index contributed by atoms with van der Waals surface area (Å²) in [6.45, 7) is 9.18. The van der Waals surface area contributed by atoms with Crippen LogP contribution < -0.4 is 19.3 Å². The second kappa shape index (κ2) is 12.1. The highest BCUT2D eigenvalue weighted by Gasteiger charge is 2.32. The molecule has 3 aliphatic rings. The monoisotopic (exact) mass is 572 g/mol. The van der Waals surface area contributed by atoms with E-state index in [9.17, 15) is 4.79 Å². The van der Waals surface area contributed by atoms with Gasteiger partial charge in [-0.05, 0) is 37.4 Å². The molecule has 42 heavy (non-hydrogen) atoms. The average molecular weight is 573 g/mol. The summed E-state index contributed by atoms with van der Waals surface area (Å²) in [6.07, 6.45) is 3.33. The fourth-order valence-corrected chi connectivity index (χ4v) is 6.40. The van der Waals surface area contributed by atoms with Crippen molar-refractivity contribution in [2.24, 2.45) is 0 Å². The van der Waals surface area contributed by atoms with Crippen LogP contribution in [0.1, 0.15) is 17.7 Å². The number of fused-ring (bicyclic) bond motifs is 2. The average Bonchev–Trinajstić information content (AvgIpc) is 3.41. The summed E-state index contributed by atoms with van der Waals surface area (Å²) in [5.74, 6) is 1.73. The number of likely N-dealkylation sites (N-methyl/N-ethyl adjacent to an activating group) is 1. The Bertz CT molecular complexity index is 1460. The van der Waals surface area contributed by atoms with Gasteiger partial charge in [0.1, 0.15) is 18.2 Å². The first-order valence-corrected chi connectivity index (χ1v) is 14.7. The SMILES string of the molecule is C=CC(=O)N1CCN(c2nc(OCC3C[C@@H](OC)CN3C)nc3c2CCN(c2cc(OC)cc4ccccc24)C3)CC1. The van der Waals surface area contributed by atoms with Crippen molar-refractivity contribution in [2.75, 3.05) is 76.9 Å². The molecule has 3 aromatic rings. The van der Waals surface area contributed by atoms with E-state index in [1.807, 2.05) is 4.90 Å². The highest BCUT2D eigenvalue weighted by Crippen LogP contribution is 2.37. The lowest BCUT2D eigenvalue weighted by atomic mass is 10.0. The second-order valence-electron chi connectivity index (χ2n) is 11.3. The van der Waals surface area contributed by atoms with Crippen molar-refractivity contribution in [3.05, 3.63) is 60.3 Å². The molecule has 0 saturated carbocycles. The number of benzene rings is 2. The van der Waals surface area contributed by atoms with Crippen LogP contribution >= 0.6 is 0 Å². The van der Waals surface area contributed by atoms with Gasteiger partial charge in [-0.25, -0.2) is 0 Å². The summed E-state index contributed by atoms with van der Waals surface area (Å²) in [7, 11) is 5.58. The third-order valence-electron chi connectivity index (χ3n) is 8.87. The zero-order valence-corrected chi connectivity index (χ0v) is 24.8. The number of likely N-dealkylation sites (tertiary alicyclic amines) is 1. The highest BCUT2D eigenvalue weighted by molar-refractivity contribution is 5.96. The van der Waals surface area contributed by atoms with Gasteiger partial charge in [-0.1, -0.05) is 30.8 Å². The first kappa shape index (κ1) is 28.2. The molecule has 0 bridgehead atoms. The molecule has 3 aliphatic heterocycles. The molecule has 2 atom stereocenters. The van der Waals surface area contributed by atoms with Gasteiger partial charge < -0.3 is 28.9 Å². The number of nitrogens with zero attached hydrogens (tertiary/aromatic N) is 6. The maximum atomic E-state index is 12.2. The number of anilines is 2. The number of piperazine rings is 1. The number of amides is 1. The van der Waals surface area contributed by atoms with Gasteiger partial charge in [0, 0.05) is 75.1 Å². The van der Waals surface area contributed by atoms with Crippen molar-refractivity contribution in [1.82, 2.24) is 19.8 Å². The van der Waals surface area contributed by atoms with Gasteiger partial charge in [0.25, 0.3) is 0 Å². The third kappa shape index (κ3) is 5.61. The maximum absolute atomic E-state index is 12.2. The normalized spacial score (nSPS) is 21.0. The zero-order chi connectivity index (χ0) is 29.2. The molecule has 1 amide bonds. The van der Waals surface area contributed by atoms with Crippen molar-refractivity contribution in [2.45, 2.75) is 31.5 Å². The van der Waals surface area contributed by atoms with Crippen LogP contribution in [0, 0.1) is 0 Å². The Balaban J connectivity index is 1.30. The molecular formula is C32H40N6O4. The molecule has 0 radical (unpaired) electrons. The van der Waals surface area contributed by atoms with Crippen molar-refractivity contribution >= 4 is 28.2 Å². The van der Waals surface area contributed by atoms with Crippen molar-refractivity contribution < 1.29 is 19.0 Å². The largest absolute Gasteiger partial charge is 0.497 e. The number of hydrogen-bond acceptors (Lipinski definition) is 9. The summed E-state index contributed by atoms with van der Waals surface area (Å²) < 4.78 is 17.6. The molecule has 0 spiro atoms. The van der Waals surface area contributed by atoms with E-state index in [1.165, 1.54) is 11.5 Å². The minimum atomic E-state index is -0.0282. The molecule has 2 aromatic carbocycles. The Morgan fingerprint density at radius 2 is 1.88 bits per heavy atom. The fourth-order valence-electron chi connectivity index (χ4n) is 6.40. The van der Waals surface area contributed by atoms with Crippen molar-refractivity contribution in [3.63, 3.8) is 0 Å². The summed E-state index contributed by atoms with van der Waals surface area (Å²) in [4.78, 5) is 30.9. The van der Waals surface area contributed by atoms with E-state index in [-0.39, 0.29) is 18.1 Å². The molecule has 1 unspecified atom stereocenters. The first-order valence-electron chi connectivity index (χ1n) is 14.7. The van der Waals surface area contributed by atoms with Crippen molar-refractivity contribution in [3.8, 4) is 11.8 Å². The molecular weight excluding hydrogens is 532 g/mol. The molecule has 2 saturated heterocycles. The lowest BCUT2D eigenvalue weighted by Gasteiger charge is -2.38. The van der Waals surface area contributed by atoms with Crippen LogP contribution in [0.15, 0.2) is 49.1 Å². The fraction of sp³-hybridized carbons (Fsp3) is 0.469. The molecule has 222 valence electrons. The van der Waals surface area contributed by atoms with Gasteiger partial charge in [0.15, 0.2) is 0 Å². The maximum Gasteiger partial charge on any atom is 0.318 e. The molecule has 10 heteroatoms. The quantitative estimate of drug-likeness (QED) is 0.378. The Morgan fingerprint density at radius 1 is 1.07 bits per heavy atom. The van der Waals surface area contributed by atoms with Crippen LogP contribution in [0.25, 0.3) is 10.8 Å². The Kier molecular flexibility index (Phi) is 8.17. The number of rotatable bonds is 8. The number of hydrogen-bond donors (Lipinski definition) is 0. The minimum absolute atomic E-state index is 0.0282. The zero-order valence-electron chi connectivity index (χ0n) is 24.8. The highest BCUT2D eigenvalue weighted by atomic mass is 16.5. The summed E-state index contributed by atoms with van der Waals surface area (Å²) >= 11 is 0. The summed E-state index contributed by atoms with van der Waals surface area (Å²) in [5, 5.41) is 2.33. The first-order chi connectivity index (χ1) is 20.5. The molecule has 0 aliphatic carbocycles. The van der Waals surface area contributed by atoms with Gasteiger partial charge in [-0.3, -0.25) is 9.69 Å². The van der Waals surface area contributed by atoms with E-state index in [0.29, 0.717) is 45.3 Å². The van der Waals surface area contributed by atoms with E-state index >= 15 is 0 Å². The molecule has 10 nitrogen and oxygen atoms in total. The van der Waals surface area contributed by atoms with E-state index in [0.717, 1.165) is 59.8 Å². The molecule has 6 rings (SSSR count). The molecule has 0 N–H and O–H groups in total. The van der Waals surface area contributed by atoms with Gasteiger partial charge >= 0.3 is 6.01 Å². The Hall–Kier alpha value is -3.89. The van der Waals surface area contributed by atoms with E-state index in [4.69, 9.17) is 24.2 Å². The van der Waals surface area contributed by atoms with Gasteiger partial charge in [0.2, 0.25) is 5.91 Å². The van der Waals surface area contributed by atoms with Crippen LogP contribution in [0.5, 0.6) is 11.8 Å². The van der Waals surface area contributed by atoms with E-state index < -0.39 is 0 Å². The van der Waals surface area contributed by atoms with E-state index in [1.54, 1.807) is 14.2 Å². The Morgan fingerprint density at radius 3 is 2.62 bits per heavy atom. The lowest BCUT2D eigenvalue weighted by molar-refractivity contribution is -0.126. The minimum Gasteiger partial charge on any atom is -0.497 e. The number of aromatic nitrogens is 2. The number of methoxy groups -OCH3 is 2. The van der Waals surface area contributed by atoms with Crippen LogP contribution in [-0.4, -0.2) is 105 Å². The molecule has 2 fully saturated rings. The van der Waals surface area contributed by atoms with Crippen molar-refractivity contribution in [1.29, 1.82) is 0 Å². The number of carbonyl (C=O) groups is 1. The summed E-state index contributed by atoms with van der Waals surface area (Å²) in [5.41, 5.74) is 3.27. The van der Waals surface area contributed by atoms with Gasteiger partial charge in [-0.15, -0.1) is 0 Å². The van der Waals surface area contributed by atoms with Gasteiger partial charge in [-0.2, -0.15) is 9.97 Å². The topological polar surface area (TPSA) is 83.5 Å². The standard InChI is InChI=1S/C32H40N6O4/c1-5-30(39)36-12-14-37(15-13-36)31-27-10-11-38(29-18-24(40-3)16-22-8-6-7-9-26(22)29)20-28(27)33-32(34-31)42-21-23-17-25(41-4)19-35(23)2/h5-9,16,18,23,25H,1,10-15,17,19-21H2,2-4H3/t23?,25-/m1/s1. The third-order valence-corrected chi connectivity index (χ3v) is 8.87. The van der Waals surface area contributed by atoms with E-state index in [2.05, 4.69) is 64.7 Å². The molecule has 1 aromatic heterocycles. The Labute approximate surface area is 247 Å². The number of carbonyl (C=O) groups excluding carboxylic acids is 1. The van der Waals surface area contributed by atoms with Gasteiger partial charge in [0.05, 0.1) is 25.5 Å². The lowest BCUT2D eigenvalue weighted by Crippen LogP contribution is -2.49. The van der Waals surface area contributed by atoms with Crippen LogP contribution in [0.4, 0.5) is 11.5 Å².